The van der Waals surface area contributed by atoms with Gasteiger partial charge >= 0.3 is 78.0 Å². The molecule has 0 spiro atoms. The molecule has 6 nitrogen and oxygen atoms in total. The maximum atomic E-state index is 8.89. The van der Waals surface area contributed by atoms with Crippen LogP contribution in [-0.2, 0) is 15.2 Å². The van der Waals surface area contributed by atoms with Gasteiger partial charge in [-0.15, -0.1) is 0 Å². The summed E-state index contributed by atoms with van der Waals surface area (Å²) in [6.45, 7) is 0.972. The Labute approximate surface area is 127 Å². The Bertz CT molecular complexity index is 166. The molecular formula is C2H3LiNa2O6S. The molecule has 0 aliphatic rings. The zero-order valence-corrected chi connectivity index (χ0v) is 12.2. The van der Waals surface area contributed by atoms with Gasteiger partial charge in [0.15, 0.2) is 0 Å². The van der Waals surface area contributed by atoms with E-state index in [2.05, 4.69) is 0 Å². The van der Waals surface area contributed by atoms with E-state index in [0.717, 1.165) is 6.92 Å². The van der Waals surface area contributed by atoms with E-state index in [4.69, 9.17) is 27.4 Å². The molecule has 0 bridgehead atoms. The zero-order valence-electron chi connectivity index (χ0n) is 7.36. The molecule has 10 heteroatoms. The average molecular weight is 208 g/mol. The number of carboxylic acids is 1. The Morgan fingerprint density at radius 3 is 1.17 bits per heavy atom. The Morgan fingerprint density at radius 1 is 1.17 bits per heavy atom. The van der Waals surface area contributed by atoms with Crippen LogP contribution in [0.4, 0.5) is 0 Å². The Hall–Kier alpha value is 1.94. The molecular weight excluding hydrogens is 205 g/mol. The van der Waals surface area contributed by atoms with Gasteiger partial charge in [0.2, 0.25) is 0 Å². The van der Waals surface area contributed by atoms with Crippen LogP contribution in [0.1, 0.15) is 6.92 Å². The second-order valence-electron chi connectivity index (χ2n) is 0.900. The number of aliphatic carboxylic acids is 1. The largest absolute Gasteiger partial charge is 1.00 e. The number of carbonyl (C=O) groups is 1. The molecule has 0 atom stereocenters. The summed E-state index contributed by atoms with van der Waals surface area (Å²) < 4.78 is 34.1. The van der Waals surface area contributed by atoms with Gasteiger partial charge in [-0.2, -0.15) is 0 Å². The fourth-order valence-corrected chi connectivity index (χ4v) is 0. The summed E-state index contributed by atoms with van der Waals surface area (Å²) in [6.07, 6.45) is 0. The summed E-state index contributed by atoms with van der Waals surface area (Å²) in [6, 6.07) is 0. The van der Waals surface area contributed by atoms with E-state index < -0.39 is 16.4 Å². The van der Waals surface area contributed by atoms with Crippen molar-refractivity contribution in [3.63, 3.8) is 0 Å². The maximum Gasteiger partial charge on any atom is 1.00 e. The van der Waals surface area contributed by atoms with E-state index in [0.29, 0.717) is 0 Å². The van der Waals surface area contributed by atoms with Gasteiger partial charge < -0.3 is 19.0 Å². The maximum absolute atomic E-state index is 8.89. The first-order chi connectivity index (χ1) is 3.73. The van der Waals surface area contributed by atoms with Gasteiger partial charge in [0.05, 0.1) is 0 Å². The Morgan fingerprint density at radius 2 is 1.17 bits per heavy atom. The van der Waals surface area contributed by atoms with Crippen LogP contribution in [0.2, 0.25) is 0 Å². The first kappa shape index (κ1) is 29.2. The van der Waals surface area contributed by atoms with E-state index in [1.807, 2.05) is 0 Å². The molecule has 0 N–H and O–H groups in total. The second-order valence-corrected chi connectivity index (χ2v) is 1.72. The quantitative estimate of drug-likeness (QED) is 0.221. The van der Waals surface area contributed by atoms with E-state index >= 15 is 0 Å². The van der Waals surface area contributed by atoms with Crippen molar-refractivity contribution in [3.05, 3.63) is 0 Å². The topological polar surface area (TPSA) is 120 Å². The molecule has 0 radical (unpaired) electrons. The van der Waals surface area contributed by atoms with Gasteiger partial charge in [-0.25, -0.2) is 0 Å². The van der Waals surface area contributed by atoms with Crippen molar-refractivity contribution < 1.29 is 105 Å². The molecule has 12 heavy (non-hydrogen) atoms. The molecule has 0 heterocycles. The van der Waals surface area contributed by atoms with Crippen LogP contribution < -0.4 is 83.1 Å². The molecule has 0 aliphatic heterocycles. The fourth-order valence-electron chi connectivity index (χ4n) is 0. The van der Waals surface area contributed by atoms with E-state index in [1.165, 1.54) is 0 Å². The van der Waals surface area contributed by atoms with Crippen molar-refractivity contribution in [3.8, 4) is 0 Å². The van der Waals surface area contributed by atoms with E-state index in [9.17, 15) is 0 Å². The van der Waals surface area contributed by atoms with Gasteiger partial charge in [0.1, 0.15) is 0 Å². The van der Waals surface area contributed by atoms with Gasteiger partial charge in [0.25, 0.3) is 0 Å². The number of carbonyl (C=O) groups excluding carboxylic acids is 1. The van der Waals surface area contributed by atoms with Gasteiger partial charge in [-0.3, -0.25) is 8.42 Å². The third kappa shape index (κ3) is 380. The van der Waals surface area contributed by atoms with Crippen molar-refractivity contribution in [2.45, 2.75) is 6.92 Å². The fraction of sp³-hybridized carbons (Fsp3) is 0.500. The van der Waals surface area contributed by atoms with Crippen LogP contribution in [0.15, 0.2) is 0 Å². The predicted molar refractivity (Wildman–Crippen MR) is 21.2 cm³/mol. The van der Waals surface area contributed by atoms with Gasteiger partial charge in [0, 0.05) is 16.4 Å². The Balaban J connectivity index is -0.0000000221. The Kier molecular flexibility index (Phi) is 37.5. The summed E-state index contributed by atoms with van der Waals surface area (Å²) in [4.78, 5) is 8.89. The molecule has 56 valence electrons. The zero-order chi connectivity index (χ0) is 8.08. The standard InChI is InChI=1S/C2H4O2.Li.2Na.H2O4S/c1-2(3)4;;;;1-5(2,3)4/h1H3,(H,3,4);;;;(H2,1,2,3,4)/q;3*+1;/p-3. The van der Waals surface area contributed by atoms with Gasteiger partial charge in [-0.05, 0) is 6.92 Å². The molecule has 0 saturated heterocycles. The molecule has 0 aromatic heterocycles. The third-order valence-corrected chi connectivity index (χ3v) is 0. The molecule has 0 aromatic rings. The van der Waals surface area contributed by atoms with Crippen molar-refractivity contribution in [1.29, 1.82) is 0 Å². The minimum Gasteiger partial charge on any atom is -0.759 e. The van der Waals surface area contributed by atoms with Crippen LogP contribution >= 0.6 is 0 Å². The SMILES string of the molecule is CC(=O)[O-].O=S(=O)([O-])[O-].[Li+].[Na+].[Na+]. The monoisotopic (exact) mass is 208 g/mol. The summed E-state index contributed by atoms with van der Waals surface area (Å²) >= 11 is 0. The van der Waals surface area contributed by atoms with Gasteiger partial charge in [-0.1, -0.05) is 0 Å². The van der Waals surface area contributed by atoms with Crippen molar-refractivity contribution in [1.82, 2.24) is 0 Å². The van der Waals surface area contributed by atoms with Crippen molar-refractivity contribution in [2.24, 2.45) is 0 Å². The molecule has 0 amide bonds. The average Bonchev–Trinajstić information content (AvgIpc) is 1.19. The van der Waals surface area contributed by atoms with Crippen LogP contribution in [0.3, 0.4) is 0 Å². The van der Waals surface area contributed by atoms with Crippen LogP contribution in [0.25, 0.3) is 0 Å². The van der Waals surface area contributed by atoms with Crippen LogP contribution in [0.5, 0.6) is 0 Å². The summed E-state index contributed by atoms with van der Waals surface area (Å²) in [5.74, 6) is -1.08. The number of hydrogen-bond acceptors (Lipinski definition) is 6. The first-order valence-corrected chi connectivity index (χ1v) is 2.91. The normalized spacial score (nSPS) is 6.92. The molecule has 0 aliphatic carbocycles. The molecule has 0 saturated carbocycles. The molecule has 0 rings (SSSR count). The minimum absolute atomic E-state index is 0. The molecule has 0 fully saturated rings. The molecule has 0 aromatic carbocycles. The van der Waals surface area contributed by atoms with Crippen LogP contribution in [0, 0.1) is 0 Å². The number of carboxylic acid groups (broad SMARTS) is 1. The van der Waals surface area contributed by atoms with E-state index in [-0.39, 0.29) is 78.0 Å². The molecule has 0 unspecified atom stereocenters. The van der Waals surface area contributed by atoms with Crippen molar-refractivity contribution in [2.75, 3.05) is 0 Å². The minimum atomic E-state index is -5.17. The van der Waals surface area contributed by atoms with Crippen LogP contribution in [-0.4, -0.2) is 23.5 Å². The third-order valence-electron chi connectivity index (χ3n) is 0. The summed E-state index contributed by atoms with van der Waals surface area (Å²) in [5, 5.41) is 8.89. The predicted octanol–water partition coefficient (Wildman–Crippen LogP) is -11.6. The summed E-state index contributed by atoms with van der Waals surface area (Å²) in [5.41, 5.74) is 0. The second kappa shape index (κ2) is 15.4. The van der Waals surface area contributed by atoms with Crippen molar-refractivity contribution >= 4 is 16.4 Å². The first-order valence-electron chi connectivity index (χ1n) is 1.57. The smallest absolute Gasteiger partial charge is 0.759 e. The van der Waals surface area contributed by atoms with E-state index in [1.54, 1.807) is 0 Å². The summed E-state index contributed by atoms with van der Waals surface area (Å²) in [7, 11) is -5.17. The number of rotatable bonds is 0. The number of hydrogen-bond donors (Lipinski definition) is 0.